The Labute approximate surface area is 157 Å². The summed E-state index contributed by atoms with van der Waals surface area (Å²) in [7, 11) is 0. The van der Waals surface area contributed by atoms with Crippen molar-refractivity contribution in [2.75, 3.05) is 0 Å². The lowest BCUT2D eigenvalue weighted by atomic mass is 10.2. The third-order valence-electron chi connectivity index (χ3n) is 3.74. The molecule has 25 heavy (non-hydrogen) atoms. The zero-order valence-electron chi connectivity index (χ0n) is 13.1. The Morgan fingerprint density at radius 3 is 2.72 bits per heavy atom. The minimum Gasteiger partial charge on any atom is -0.268 e. The fraction of sp³-hybridized carbons (Fsp3) is 0.0526. The van der Waals surface area contributed by atoms with Crippen molar-refractivity contribution in [3.05, 3.63) is 87.0 Å². The minimum absolute atomic E-state index is 0.0361. The number of rotatable bonds is 4. The number of hydrogen-bond acceptors (Lipinski definition) is 4. The molecule has 0 fully saturated rings. The van der Waals surface area contributed by atoms with Crippen LogP contribution in [-0.2, 0) is 5.75 Å². The van der Waals surface area contributed by atoms with Gasteiger partial charge in [-0.05, 0) is 41.3 Å². The first kappa shape index (κ1) is 16.4. The van der Waals surface area contributed by atoms with Gasteiger partial charge in [0.1, 0.15) is 4.83 Å². The third-order valence-corrected chi connectivity index (χ3v) is 5.79. The second-order valence-corrected chi connectivity index (χ2v) is 7.70. The molecule has 124 valence electrons. The summed E-state index contributed by atoms with van der Waals surface area (Å²) in [5.74, 6) is 0.691. The monoisotopic (exact) mass is 384 g/mol. The number of halogens is 1. The fourth-order valence-electron chi connectivity index (χ4n) is 2.57. The van der Waals surface area contributed by atoms with Gasteiger partial charge in [0, 0.05) is 10.8 Å². The number of nitrogens with zero attached hydrogens (tertiary/aromatic N) is 2. The molecule has 2 aromatic carbocycles. The number of fused-ring (bicyclic) bond motifs is 1. The van der Waals surface area contributed by atoms with Crippen molar-refractivity contribution < 1.29 is 0 Å². The molecule has 4 rings (SSSR count). The van der Waals surface area contributed by atoms with E-state index in [1.165, 1.54) is 23.1 Å². The van der Waals surface area contributed by atoms with E-state index in [2.05, 4.69) is 0 Å². The molecule has 0 N–H and O–H groups in total. The van der Waals surface area contributed by atoms with Gasteiger partial charge in [0.2, 0.25) is 0 Å². The van der Waals surface area contributed by atoms with E-state index < -0.39 is 0 Å². The highest BCUT2D eigenvalue weighted by Crippen LogP contribution is 2.27. The maximum absolute atomic E-state index is 13.0. The zero-order chi connectivity index (χ0) is 17.2. The van der Waals surface area contributed by atoms with Gasteiger partial charge in [-0.15, -0.1) is 11.3 Å². The summed E-state index contributed by atoms with van der Waals surface area (Å²) in [6.45, 7) is 0. The Kier molecular flexibility index (Phi) is 4.61. The summed E-state index contributed by atoms with van der Waals surface area (Å²) in [4.78, 5) is 18.5. The van der Waals surface area contributed by atoms with Crippen molar-refractivity contribution in [2.45, 2.75) is 10.9 Å². The van der Waals surface area contributed by atoms with Crippen LogP contribution in [0.15, 0.2) is 76.0 Å². The molecule has 2 heterocycles. The molecule has 2 aromatic heterocycles. The molecule has 0 saturated carbocycles. The molecular weight excluding hydrogens is 372 g/mol. The molecule has 0 aliphatic rings. The van der Waals surface area contributed by atoms with Gasteiger partial charge in [-0.25, -0.2) is 4.98 Å². The van der Waals surface area contributed by atoms with Gasteiger partial charge in [0.15, 0.2) is 5.16 Å². The van der Waals surface area contributed by atoms with Crippen molar-refractivity contribution in [3.63, 3.8) is 0 Å². The molecule has 4 aromatic rings. The van der Waals surface area contributed by atoms with Crippen LogP contribution in [0.2, 0.25) is 5.02 Å². The van der Waals surface area contributed by atoms with Crippen molar-refractivity contribution >= 4 is 44.9 Å². The molecule has 0 aliphatic carbocycles. The second-order valence-electron chi connectivity index (χ2n) is 5.43. The maximum Gasteiger partial charge on any atom is 0.267 e. The van der Waals surface area contributed by atoms with Gasteiger partial charge in [-0.3, -0.25) is 9.36 Å². The average Bonchev–Trinajstić information content (AvgIpc) is 3.10. The topological polar surface area (TPSA) is 34.9 Å². The Hall–Kier alpha value is -2.08. The molecule has 0 radical (unpaired) electrons. The number of benzene rings is 2. The van der Waals surface area contributed by atoms with Crippen LogP contribution < -0.4 is 5.56 Å². The molecule has 6 heteroatoms. The first-order valence-corrected chi connectivity index (χ1v) is 9.89. The summed E-state index contributed by atoms with van der Waals surface area (Å²) in [5.41, 5.74) is 1.88. The molecular formula is C19H13ClN2OS2. The van der Waals surface area contributed by atoms with Gasteiger partial charge in [0.05, 0.1) is 11.1 Å². The SMILES string of the molecule is O=c1c2ccsc2nc(SCc2cccc(Cl)c2)n1-c1ccccc1. The number of thiophene rings is 1. The van der Waals surface area contributed by atoms with Crippen LogP contribution in [0.1, 0.15) is 5.56 Å². The highest BCUT2D eigenvalue weighted by Gasteiger charge is 2.14. The van der Waals surface area contributed by atoms with Gasteiger partial charge < -0.3 is 0 Å². The van der Waals surface area contributed by atoms with Crippen LogP contribution in [0, 0.1) is 0 Å². The normalized spacial score (nSPS) is 11.1. The predicted molar refractivity (Wildman–Crippen MR) is 106 cm³/mol. The standard InChI is InChI=1S/C19H13ClN2OS2/c20-14-6-4-5-13(11-14)12-25-19-21-17-16(9-10-24-17)18(23)22(19)15-7-2-1-3-8-15/h1-11H,12H2. The lowest BCUT2D eigenvalue weighted by molar-refractivity contribution is 0.822. The summed E-state index contributed by atoms with van der Waals surface area (Å²) in [6, 6.07) is 19.2. The first-order valence-electron chi connectivity index (χ1n) is 7.65. The van der Waals surface area contributed by atoms with Gasteiger partial charge in [0.25, 0.3) is 5.56 Å². The molecule has 0 bridgehead atoms. The van der Waals surface area contributed by atoms with Crippen LogP contribution in [0.3, 0.4) is 0 Å². The van der Waals surface area contributed by atoms with Gasteiger partial charge >= 0.3 is 0 Å². The van der Waals surface area contributed by atoms with Crippen LogP contribution in [-0.4, -0.2) is 9.55 Å². The quantitative estimate of drug-likeness (QED) is 0.349. The van der Waals surface area contributed by atoms with E-state index >= 15 is 0 Å². The Balaban J connectivity index is 1.80. The predicted octanol–water partition coefficient (Wildman–Crippen LogP) is 5.39. The molecule has 0 aliphatic heterocycles. The summed E-state index contributed by atoms with van der Waals surface area (Å²) < 4.78 is 1.68. The van der Waals surface area contributed by atoms with E-state index in [-0.39, 0.29) is 5.56 Å². The van der Waals surface area contributed by atoms with Crippen LogP contribution >= 0.6 is 34.7 Å². The summed E-state index contributed by atoms with van der Waals surface area (Å²) >= 11 is 9.08. The second kappa shape index (κ2) is 7.04. The minimum atomic E-state index is -0.0361. The van der Waals surface area contributed by atoms with E-state index in [1.807, 2.05) is 66.0 Å². The average molecular weight is 385 g/mol. The molecule has 0 atom stereocenters. The van der Waals surface area contributed by atoms with Gasteiger partial charge in [-0.2, -0.15) is 0 Å². The Morgan fingerprint density at radius 2 is 1.92 bits per heavy atom. The molecule has 0 unspecified atom stereocenters. The molecule has 0 saturated heterocycles. The molecule has 0 spiro atoms. The van der Waals surface area contributed by atoms with E-state index in [4.69, 9.17) is 16.6 Å². The summed E-state index contributed by atoms with van der Waals surface area (Å²) in [6.07, 6.45) is 0. The number of aromatic nitrogens is 2. The lowest BCUT2D eigenvalue weighted by Gasteiger charge is -2.12. The maximum atomic E-state index is 13.0. The number of hydrogen-bond donors (Lipinski definition) is 0. The third kappa shape index (κ3) is 3.35. The Bertz CT molecular complexity index is 1090. The van der Waals surface area contributed by atoms with Gasteiger partial charge in [-0.1, -0.05) is 53.7 Å². The smallest absolute Gasteiger partial charge is 0.267 e. The Morgan fingerprint density at radius 1 is 1.08 bits per heavy atom. The molecule has 3 nitrogen and oxygen atoms in total. The fourth-order valence-corrected chi connectivity index (χ4v) is 4.54. The van der Waals surface area contributed by atoms with E-state index in [1.54, 1.807) is 4.57 Å². The number of para-hydroxylation sites is 1. The van der Waals surface area contributed by atoms with E-state index in [0.717, 1.165) is 16.1 Å². The van der Waals surface area contributed by atoms with Crippen molar-refractivity contribution in [2.24, 2.45) is 0 Å². The number of thioether (sulfide) groups is 1. The lowest BCUT2D eigenvalue weighted by Crippen LogP contribution is -2.21. The van der Waals surface area contributed by atoms with Crippen LogP contribution in [0.5, 0.6) is 0 Å². The first-order chi connectivity index (χ1) is 12.2. The van der Waals surface area contributed by atoms with Crippen molar-refractivity contribution in [1.82, 2.24) is 9.55 Å². The van der Waals surface area contributed by atoms with E-state index in [9.17, 15) is 4.79 Å². The highest BCUT2D eigenvalue weighted by atomic mass is 35.5. The van der Waals surface area contributed by atoms with Crippen molar-refractivity contribution in [1.29, 1.82) is 0 Å². The summed E-state index contributed by atoms with van der Waals surface area (Å²) in [5, 5.41) is 3.95. The zero-order valence-corrected chi connectivity index (χ0v) is 15.4. The largest absolute Gasteiger partial charge is 0.268 e. The molecule has 0 amide bonds. The van der Waals surface area contributed by atoms with Crippen molar-refractivity contribution in [3.8, 4) is 5.69 Å². The van der Waals surface area contributed by atoms with E-state index in [0.29, 0.717) is 21.3 Å². The highest BCUT2D eigenvalue weighted by molar-refractivity contribution is 7.98. The van der Waals surface area contributed by atoms with Crippen LogP contribution in [0.25, 0.3) is 15.9 Å². The van der Waals surface area contributed by atoms with Crippen LogP contribution in [0.4, 0.5) is 0 Å².